The lowest BCUT2D eigenvalue weighted by Gasteiger charge is -2.19. The van der Waals surface area contributed by atoms with Gasteiger partial charge in [-0.1, -0.05) is 25.1 Å². The van der Waals surface area contributed by atoms with Crippen molar-refractivity contribution in [3.05, 3.63) is 53.3 Å². The van der Waals surface area contributed by atoms with Gasteiger partial charge >= 0.3 is 7.75 Å². The summed E-state index contributed by atoms with van der Waals surface area (Å²) in [5.74, 6) is 0.0639. The van der Waals surface area contributed by atoms with Crippen molar-refractivity contribution in [1.29, 1.82) is 0 Å². The highest BCUT2D eigenvalue weighted by Gasteiger charge is 2.22. The number of aromatic hydroxyl groups is 1. The summed E-state index contributed by atoms with van der Waals surface area (Å²) in [5, 5.41) is 11.7. The quantitative estimate of drug-likeness (QED) is 0.595. The van der Waals surface area contributed by atoms with Crippen molar-refractivity contribution in [3.8, 4) is 5.75 Å². The van der Waals surface area contributed by atoms with Crippen LogP contribution in [0, 0.1) is 0 Å². The largest absolute Gasteiger partial charge is 0.508 e. The van der Waals surface area contributed by atoms with Crippen molar-refractivity contribution in [2.75, 3.05) is 0 Å². The van der Waals surface area contributed by atoms with E-state index in [1.807, 2.05) is 13.0 Å². The van der Waals surface area contributed by atoms with Crippen LogP contribution >= 0.6 is 7.75 Å². The molecule has 0 amide bonds. The number of phenolic OH excluding ortho intramolecular Hbond substituents is 1. The predicted octanol–water partition coefficient (Wildman–Crippen LogP) is 2.74. The minimum Gasteiger partial charge on any atom is -0.508 e. The SMILES string of the molecule is CC(CCC1=C(NP(=O)(O)O)CC=CC1=O)c1cccc(O)c1. The zero-order valence-corrected chi connectivity index (χ0v) is 13.7. The Morgan fingerprint density at radius 3 is 2.74 bits per heavy atom. The van der Waals surface area contributed by atoms with Gasteiger partial charge < -0.3 is 14.9 Å². The molecule has 23 heavy (non-hydrogen) atoms. The lowest BCUT2D eigenvalue weighted by atomic mass is 9.90. The summed E-state index contributed by atoms with van der Waals surface area (Å²) >= 11 is 0. The predicted molar refractivity (Wildman–Crippen MR) is 86.7 cm³/mol. The summed E-state index contributed by atoms with van der Waals surface area (Å²) in [6.45, 7) is 1.98. The Labute approximate surface area is 134 Å². The molecule has 7 heteroatoms. The molecule has 0 aromatic heterocycles. The molecule has 1 aromatic rings. The maximum atomic E-state index is 12.0. The molecule has 4 N–H and O–H groups in total. The van der Waals surface area contributed by atoms with Gasteiger partial charge in [-0.05, 0) is 42.5 Å². The molecular formula is C16H20NO5P. The molecule has 0 heterocycles. The lowest BCUT2D eigenvalue weighted by molar-refractivity contribution is -0.111. The van der Waals surface area contributed by atoms with Crippen LogP contribution in [0.4, 0.5) is 0 Å². The number of carbonyl (C=O) groups is 1. The number of carbonyl (C=O) groups excluding carboxylic acids is 1. The number of phenols is 1. The number of benzene rings is 1. The Balaban J connectivity index is 2.12. The third-order valence-electron chi connectivity index (χ3n) is 3.80. The van der Waals surface area contributed by atoms with Gasteiger partial charge in [-0.3, -0.25) is 9.88 Å². The maximum Gasteiger partial charge on any atom is 0.427 e. The van der Waals surface area contributed by atoms with Crippen LogP contribution < -0.4 is 5.09 Å². The summed E-state index contributed by atoms with van der Waals surface area (Å²) in [6.07, 6.45) is 4.35. The number of rotatable bonds is 6. The molecule has 6 nitrogen and oxygen atoms in total. The molecule has 0 saturated carbocycles. The Kier molecular flexibility index (Phi) is 5.42. The monoisotopic (exact) mass is 337 g/mol. The number of allylic oxidation sites excluding steroid dienone is 3. The molecule has 0 spiro atoms. The smallest absolute Gasteiger partial charge is 0.427 e. The second-order valence-electron chi connectivity index (χ2n) is 5.62. The average Bonchev–Trinajstić information content (AvgIpc) is 2.44. The standard InChI is InChI=1S/C16H20NO5P/c1-11(12-4-2-5-13(18)10-12)8-9-14-15(17-23(20,21)22)6-3-7-16(14)19/h2-5,7,10-11,18H,6,8-9H2,1H3,(H3,17,20,21,22). The summed E-state index contributed by atoms with van der Waals surface area (Å²) in [5.41, 5.74) is 1.64. The highest BCUT2D eigenvalue weighted by molar-refractivity contribution is 7.49. The molecule has 124 valence electrons. The highest BCUT2D eigenvalue weighted by Crippen LogP contribution is 2.34. The van der Waals surface area contributed by atoms with Gasteiger partial charge in [-0.15, -0.1) is 0 Å². The summed E-state index contributed by atoms with van der Waals surface area (Å²) in [6, 6.07) is 6.93. The van der Waals surface area contributed by atoms with E-state index in [4.69, 9.17) is 9.79 Å². The molecule has 1 unspecified atom stereocenters. The van der Waals surface area contributed by atoms with E-state index in [9.17, 15) is 14.5 Å². The van der Waals surface area contributed by atoms with Gasteiger partial charge in [0.15, 0.2) is 5.78 Å². The van der Waals surface area contributed by atoms with E-state index < -0.39 is 7.75 Å². The maximum absolute atomic E-state index is 12.0. The van der Waals surface area contributed by atoms with Crippen molar-refractivity contribution < 1.29 is 24.3 Å². The van der Waals surface area contributed by atoms with Crippen LogP contribution in [0.3, 0.4) is 0 Å². The number of ketones is 1. The lowest BCUT2D eigenvalue weighted by Crippen LogP contribution is -2.18. The third-order valence-corrected chi connectivity index (χ3v) is 4.36. The highest BCUT2D eigenvalue weighted by atomic mass is 31.2. The van der Waals surface area contributed by atoms with Crippen LogP contribution in [0.2, 0.25) is 0 Å². The van der Waals surface area contributed by atoms with Gasteiger partial charge in [-0.25, -0.2) is 4.57 Å². The number of hydrogen-bond acceptors (Lipinski definition) is 3. The van der Waals surface area contributed by atoms with Crippen LogP contribution in [0.15, 0.2) is 47.7 Å². The summed E-state index contributed by atoms with van der Waals surface area (Å²) in [7, 11) is -4.44. The molecule has 1 aromatic carbocycles. The van der Waals surface area contributed by atoms with E-state index in [1.54, 1.807) is 24.3 Å². The zero-order chi connectivity index (χ0) is 17.0. The van der Waals surface area contributed by atoms with E-state index >= 15 is 0 Å². The van der Waals surface area contributed by atoms with Crippen LogP contribution in [-0.2, 0) is 9.36 Å². The van der Waals surface area contributed by atoms with Gasteiger partial charge in [-0.2, -0.15) is 0 Å². The Morgan fingerprint density at radius 2 is 2.09 bits per heavy atom. The van der Waals surface area contributed by atoms with E-state index in [0.29, 0.717) is 24.8 Å². The molecule has 0 aliphatic heterocycles. The Morgan fingerprint density at radius 1 is 1.35 bits per heavy atom. The molecule has 0 radical (unpaired) electrons. The molecule has 0 saturated heterocycles. The topological polar surface area (TPSA) is 107 Å². The molecule has 0 bridgehead atoms. The first-order valence-corrected chi connectivity index (χ1v) is 8.93. The molecule has 0 fully saturated rings. The fourth-order valence-corrected chi connectivity index (χ4v) is 3.16. The van der Waals surface area contributed by atoms with Gasteiger partial charge in [0.25, 0.3) is 0 Å². The van der Waals surface area contributed by atoms with Gasteiger partial charge in [0.05, 0.1) is 0 Å². The summed E-state index contributed by atoms with van der Waals surface area (Å²) < 4.78 is 11.1. The van der Waals surface area contributed by atoms with Crippen molar-refractivity contribution >= 4 is 13.5 Å². The molecule has 1 atom stereocenters. The fourth-order valence-electron chi connectivity index (χ4n) is 2.58. The van der Waals surface area contributed by atoms with Crippen LogP contribution in [0.1, 0.15) is 37.7 Å². The third kappa shape index (κ3) is 5.06. The first-order valence-electron chi connectivity index (χ1n) is 7.32. The second kappa shape index (κ2) is 7.13. The van der Waals surface area contributed by atoms with Gasteiger partial charge in [0.1, 0.15) is 5.75 Å². The van der Waals surface area contributed by atoms with E-state index in [1.165, 1.54) is 6.08 Å². The molecule has 1 aliphatic rings. The average molecular weight is 337 g/mol. The van der Waals surface area contributed by atoms with Gasteiger partial charge in [0.2, 0.25) is 0 Å². The van der Waals surface area contributed by atoms with Crippen molar-refractivity contribution in [3.63, 3.8) is 0 Å². The van der Waals surface area contributed by atoms with Crippen molar-refractivity contribution in [1.82, 2.24) is 5.09 Å². The van der Waals surface area contributed by atoms with Gasteiger partial charge in [0, 0.05) is 17.7 Å². The first kappa shape index (κ1) is 17.5. The Bertz CT molecular complexity index is 704. The minimum absolute atomic E-state index is 0.101. The number of nitrogens with one attached hydrogen (secondary N) is 1. The fraction of sp³-hybridized carbons (Fsp3) is 0.312. The van der Waals surface area contributed by atoms with E-state index in [-0.39, 0.29) is 23.1 Å². The summed E-state index contributed by atoms with van der Waals surface area (Å²) in [4.78, 5) is 30.1. The minimum atomic E-state index is -4.44. The van der Waals surface area contributed by atoms with E-state index in [0.717, 1.165) is 5.56 Å². The van der Waals surface area contributed by atoms with Crippen molar-refractivity contribution in [2.24, 2.45) is 0 Å². The second-order valence-corrected chi connectivity index (χ2v) is 6.93. The normalized spacial score (nSPS) is 16.6. The van der Waals surface area contributed by atoms with Crippen LogP contribution in [-0.4, -0.2) is 20.7 Å². The van der Waals surface area contributed by atoms with E-state index in [2.05, 4.69) is 5.09 Å². The zero-order valence-electron chi connectivity index (χ0n) is 12.8. The number of hydrogen-bond donors (Lipinski definition) is 4. The molecule has 1 aliphatic carbocycles. The van der Waals surface area contributed by atoms with Crippen LogP contribution in [0.5, 0.6) is 5.75 Å². The van der Waals surface area contributed by atoms with Crippen LogP contribution in [0.25, 0.3) is 0 Å². The molecular weight excluding hydrogens is 317 g/mol. The Hall–Kier alpha value is -1.88. The first-order chi connectivity index (χ1) is 10.8. The van der Waals surface area contributed by atoms with Crippen molar-refractivity contribution in [2.45, 2.75) is 32.1 Å². The molecule has 2 rings (SSSR count).